The number of benzene rings is 1. The predicted octanol–water partition coefficient (Wildman–Crippen LogP) is 3.14. The monoisotopic (exact) mass is 249 g/mol. The van der Waals surface area contributed by atoms with Gasteiger partial charge in [-0.25, -0.2) is 4.98 Å². The molecule has 1 aromatic carbocycles. The Labute approximate surface area is 103 Å². The second-order valence-corrected chi connectivity index (χ2v) is 4.33. The molecule has 0 atom stereocenters. The number of nitriles is 1. The number of imidazole rings is 1. The number of rotatable bonds is 3. The van der Waals surface area contributed by atoms with Gasteiger partial charge in [-0.15, -0.1) is 0 Å². The van der Waals surface area contributed by atoms with Gasteiger partial charge >= 0.3 is 0 Å². The Balaban J connectivity index is 2.38. The molecule has 0 aliphatic rings. The summed E-state index contributed by atoms with van der Waals surface area (Å²) >= 11 is 7.49. The average molecular weight is 250 g/mol. The first-order chi connectivity index (χ1) is 7.83. The second-order valence-electron chi connectivity index (χ2n) is 2.98. The maximum absolute atomic E-state index is 8.55. The number of hydrogen-bond acceptors (Lipinski definition) is 3. The van der Waals surface area contributed by atoms with E-state index < -0.39 is 0 Å². The van der Waals surface area contributed by atoms with Crippen molar-refractivity contribution in [1.29, 1.82) is 5.26 Å². The molecule has 1 heterocycles. The third-order valence-electron chi connectivity index (χ3n) is 1.98. The van der Waals surface area contributed by atoms with Gasteiger partial charge in [0.15, 0.2) is 5.16 Å². The van der Waals surface area contributed by atoms with Gasteiger partial charge in [0.1, 0.15) is 0 Å². The fourth-order valence-corrected chi connectivity index (χ4v) is 2.18. The highest BCUT2D eigenvalue weighted by Crippen LogP contribution is 2.25. The summed E-state index contributed by atoms with van der Waals surface area (Å²) in [7, 11) is 0. The minimum absolute atomic E-state index is 0.376. The molecule has 0 bridgehead atoms. The molecule has 0 aliphatic heterocycles. The molecule has 0 saturated carbocycles. The van der Waals surface area contributed by atoms with Crippen molar-refractivity contribution < 1.29 is 0 Å². The van der Waals surface area contributed by atoms with Gasteiger partial charge in [0.05, 0.1) is 22.5 Å². The molecule has 0 unspecified atom stereocenters. The molecule has 0 radical (unpaired) electrons. The van der Waals surface area contributed by atoms with Crippen LogP contribution in [0, 0.1) is 11.3 Å². The van der Waals surface area contributed by atoms with Crippen molar-refractivity contribution in [1.82, 2.24) is 9.55 Å². The summed E-state index contributed by atoms with van der Waals surface area (Å²) in [6.45, 7) is 0. The molecule has 16 heavy (non-hydrogen) atoms. The lowest BCUT2D eigenvalue weighted by molar-refractivity contribution is 0.897. The van der Waals surface area contributed by atoms with Crippen molar-refractivity contribution in [3.63, 3.8) is 0 Å². The van der Waals surface area contributed by atoms with E-state index in [-0.39, 0.29) is 0 Å². The summed E-state index contributed by atoms with van der Waals surface area (Å²) in [5.41, 5.74) is 0.877. The highest BCUT2D eigenvalue weighted by Gasteiger charge is 2.07. The van der Waals surface area contributed by atoms with Crippen LogP contribution in [0.1, 0.15) is 0 Å². The number of hydrogen-bond donors (Lipinski definition) is 0. The van der Waals surface area contributed by atoms with Crippen molar-refractivity contribution >= 4 is 23.4 Å². The van der Waals surface area contributed by atoms with E-state index in [1.165, 1.54) is 11.8 Å². The Morgan fingerprint density at radius 3 is 3.00 bits per heavy atom. The summed E-state index contributed by atoms with van der Waals surface area (Å²) in [4.78, 5) is 4.19. The van der Waals surface area contributed by atoms with Gasteiger partial charge < -0.3 is 0 Å². The van der Waals surface area contributed by atoms with Gasteiger partial charge in [0, 0.05) is 12.4 Å². The highest BCUT2D eigenvalue weighted by molar-refractivity contribution is 7.99. The molecule has 3 nitrogen and oxygen atoms in total. The van der Waals surface area contributed by atoms with Crippen molar-refractivity contribution in [2.45, 2.75) is 5.16 Å². The Bertz CT molecular complexity index is 530. The van der Waals surface area contributed by atoms with Crippen molar-refractivity contribution in [2.24, 2.45) is 0 Å². The zero-order chi connectivity index (χ0) is 11.4. The smallest absolute Gasteiger partial charge is 0.173 e. The highest BCUT2D eigenvalue weighted by atomic mass is 35.5. The molecule has 0 N–H and O–H groups in total. The maximum atomic E-state index is 8.55. The lowest BCUT2D eigenvalue weighted by atomic mass is 10.3. The van der Waals surface area contributed by atoms with Crippen LogP contribution >= 0.6 is 23.4 Å². The van der Waals surface area contributed by atoms with E-state index in [2.05, 4.69) is 11.1 Å². The first kappa shape index (κ1) is 11.1. The molecular weight excluding hydrogens is 242 g/mol. The summed E-state index contributed by atoms with van der Waals surface area (Å²) in [5.74, 6) is 0.376. The molecule has 0 spiro atoms. The molecule has 0 amide bonds. The minimum atomic E-state index is 0.376. The van der Waals surface area contributed by atoms with Gasteiger partial charge in [-0.3, -0.25) is 4.57 Å². The van der Waals surface area contributed by atoms with Crippen molar-refractivity contribution in [2.75, 3.05) is 5.75 Å². The first-order valence-corrected chi connectivity index (χ1v) is 5.97. The van der Waals surface area contributed by atoms with Gasteiger partial charge in [-0.1, -0.05) is 35.5 Å². The quantitative estimate of drug-likeness (QED) is 0.785. The van der Waals surface area contributed by atoms with Crippen LogP contribution in [0.25, 0.3) is 5.69 Å². The molecule has 2 rings (SSSR count). The van der Waals surface area contributed by atoms with E-state index in [9.17, 15) is 0 Å². The van der Waals surface area contributed by atoms with Crippen LogP contribution in [-0.2, 0) is 0 Å². The molecule has 80 valence electrons. The van der Waals surface area contributed by atoms with Crippen LogP contribution in [0.4, 0.5) is 0 Å². The predicted molar refractivity (Wildman–Crippen MR) is 64.9 cm³/mol. The average Bonchev–Trinajstić information content (AvgIpc) is 2.75. The Morgan fingerprint density at radius 1 is 1.44 bits per heavy atom. The van der Waals surface area contributed by atoms with E-state index >= 15 is 0 Å². The zero-order valence-corrected chi connectivity index (χ0v) is 9.87. The van der Waals surface area contributed by atoms with Gasteiger partial charge in [0.25, 0.3) is 0 Å². The van der Waals surface area contributed by atoms with Gasteiger partial charge in [-0.2, -0.15) is 5.26 Å². The largest absolute Gasteiger partial charge is 0.293 e. The van der Waals surface area contributed by atoms with E-state index in [1.54, 1.807) is 6.20 Å². The fourth-order valence-electron chi connectivity index (χ4n) is 1.32. The van der Waals surface area contributed by atoms with Crippen LogP contribution in [0.5, 0.6) is 0 Å². The minimum Gasteiger partial charge on any atom is -0.293 e. The number of nitrogens with zero attached hydrogens (tertiary/aromatic N) is 3. The van der Waals surface area contributed by atoms with Crippen LogP contribution < -0.4 is 0 Å². The van der Waals surface area contributed by atoms with Crippen LogP contribution in [0.2, 0.25) is 5.02 Å². The lowest BCUT2D eigenvalue weighted by Gasteiger charge is -2.07. The molecule has 0 saturated heterocycles. The van der Waals surface area contributed by atoms with E-state index in [4.69, 9.17) is 16.9 Å². The normalized spacial score (nSPS) is 10.0. The SMILES string of the molecule is N#CCSc1nccn1-c1ccccc1Cl. The summed E-state index contributed by atoms with van der Waals surface area (Å²) in [5, 5.41) is 9.99. The zero-order valence-electron chi connectivity index (χ0n) is 8.30. The molecule has 5 heteroatoms. The van der Waals surface area contributed by atoms with Crippen LogP contribution in [0.15, 0.2) is 41.8 Å². The van der Waals surface area contributed by atoms with Crippen molar-refractivity contribution in [3.05, 3.63) is 41.7 Å². The van der Waals surface area contributed by atoms with E-state index in [1.807, 2.05) is 35.0 Å². The Morgan fingerprint density at radius 2 is 2.25 bits per heavy atom. The van der Waals surface area contributed by atoms with E-state index in [0.717, 1.165) is 10.8 Å². The first-order valence-electron chi connectivity index (χ1n) is 4.61. The number of para-hydroxylation sites is 1. The standard InChI is InChI=1S/C11H8ClN3S/c12-9-3-1-2-4-10(9)15-7-6-14-11(15)16-8-5-13/h1-4,6-7H,8H2. The molecule has 0 aliphatic carbocycles. The molecule has 1 aromatic heterocycles. The molecule has 0 fully saturated rings. The number of halogens is 1. The molecule has 2 aromatic rings. The summed E-state index contributed by atoms with van der Waals surface area (Å²) in [6, 6.07) is 9.62. The number of thioether (sulfide) groups is 1. The van der Waals surface area contributed by atoms with Gasteiger partial charge in [0.2, 0.25) is 0 Å². The Hall–Kier alpha value is -1.44. The topological polar surface area (TPSA) is 41.6 Å². The third-order valence-corrected chi connectivity index (χ3v) is 3.14. The van der Waals surface area contributed by atoms with Crippen LogP contribution in [-0.4, -0.2) is 15.3 Å². The van der Waals surface area contributed by atoms with Gasteiger partial charge in [-0.05, 0) is 12.1 Å². The number of aromatic nitrogens is 2. The maximum Gasteiger partial charge on any atom is 0.173 e. The lowest BCUT2D eigenvalue weighted by Crippen LogP contribution is -1.95. The molecular formula is C11H8ClN3S. The fraction of sp³-hybridized carbons (Fsp3) is 0.0909. The summed E-state index contributed by atoms with van der Waals surface area (Å²) in [6.07, 6.45) is 3.53. The Kier molecular flexibility index (Phi) is 3.50. The van der Waals surface area contributed by atoms with Crippen molar-refractivity contribution in [3.8, 4) is 11.8 Å². The summed E-state index contributed by atoms with van der Waals surface area (Å²) < 4.78 is 1.88. The van der Waals surface area contributed by atoms with E-state index in [0.29, 0.717) is 10.8 Å². The van der Waals surface area contributed by atoms with Crippen LogP contribution in [0.3, 0.4) is 0 Å². The second kappa shape index (κ2) is 5.06. The third kappa shape index (κ3) is 2.21.